The van der Waals surface area contributed by atoms with E-state index >= 15 is 0 Å². The van der Waals surface area contributed by atoms with Crippen LogP contribution in [-0.4, -0.2) is 31.4 Å². The lowest BCUT2D eigenvalue weighted by atomic mass is 9.97. The van der Waals surface area contributed by atoms with E-state index in [2.05, 4.69) is 27.2 Å². The van der Waals surface area contributed by atoms with E-state index in [4.69, 9.17) is 21.6 Å². The number of hydrogen-bond donors (Lipinski definition) is 0. The summed E-state index contributed by atoms with van der Waals surface area (Å²) in [6, 6.07) is 17.8. The number of rotatable bonds is 2. The van der Waals surface area contributed by atoms with Crippen LogP contribution in [0, 0.1) is 0 Å². The minimum absolute atomic E-state index is 0.106. The number of aromatic nitrogens is 3. The highest BCUT2D eigenvalue weighted by molar-refractivity contribution is 6.67. The highest BCUT2D eigenvalue weighted by atomic mass is 35.5. The second kappa shape index (κ2) is 6.55. The summed E-state index contributed by atoms with van der Waals surface area (Å²) in [5.41, 5.74) is 4.54. The fraction of sp³-hybridized carbons (Fsp3) is 0.150. The SMILES string of the molecule is ClC1=Nc2ccccc2N=C(C2CC(c3ccccc3)=Nc3ncnn32)C1. The molecule has 27 heavy (non-hydrogen) atoms. The van der Waals surface area contributed by atoms with E-state index in [1.54, 1.807) is 0 Å². The van der Waals surface area contributed by atoms with E-state index in [0.29, 0.717) is 24.0 Å². The number of aliphatic imine (C=N–C) groups is 3. The smallest absolute Gasteiger partial charge is 0.248 e. The van der Waals surface area contributed by atoms with Gasteiger partial charge >= 0.3 is 0 Å². The molecule has 1 aromatic heterocycles. The molecular formula is C20H15ClN6. The monoisotopic (exact) mass is 374 g/mol. The van der Waals surface area contributed by atoms with Crippen LogP contribution in [0.5, 0.6) is 0 Å². The van der Waals surface area contributed by atoms with Gasteiger partial charge in [-0.25, -0.2) is 14.7 Å². The van der Waals surface area contributed by atoms with E-state index in [-0.39, 0.29) is 6.04 Å². The zero-order valence-corrected chi connectivity index (χ0v) is 15.1. The van der Waals surface area contributed by atoms with Crippen molar-refractivity contribution in [2.45, 2.75) is 18.9 Å². The number of nitrogens with zero attached hydrogens (tertiary/aromatic N) is 6. The molecule has 0 amide bonds. The molecule has 1 atom stereocenters. The van der Waals surface area contributed by atoms with Crippen LogP contribution in [0.4, 0.5) is 17.3 Å². The Morgan fingerprint density at radius 1 is 0.889 bits per heavy atom. The molecule has 0 bridgehead atoms. The predicted molar refractivity (Wildman–Crippen MR) is 107 cm³/mol. The molecule has 2 aliphatic rings. The Labute approximate surface area is 161 Å². The van der Waals surface area contributed by atoms with Crippen LogP contribution in [0.25, 0.3) is 0 Å². The highest BCUT2D eigenvalue weighted by Gasteiger charge is 2.30. The van der Waals surface area contributed by atoms with Crippen molar-refractivity contribution >= 4 is 45.5 Å². The Kier molecular flexibility index (Phi) is 3.90. The van der Waals surface area contributed by atoms with Gasteiger partial charge in [0.2, 0.25) is 5.95 Å². The summed E-state index contributed by atoms with van der Waals surface area (Å²) in [6.07, 6.45) is 2.68. The lowest BCUT2D eigenvalue weighted by Crippen LogP contribution is -2.27. The van der Waals surface area contributed by atoms with Crippen molar-refractivity contribution < 1.29 is 0 Å². The number of para-hydroxylation sites is 2. The van der Waals surface area contributed by atoms with Gasteiger partial charge in [0.1, 0.15) is 11.5 Å². The molecule has 0 spiro atoms. The number of benzene rings is 2. The van der Waals surface area contributed by atoms with Crippen LogP contribution in [0.3, 0.4) is 0 Å². The maximum absolute atomic E-state index is 6.41. The second-order valence-corrected chi connectivity index (χ2v) is 6.84. The normalized spacial score (nSPS) is 18.6. The van der Waals surface area contributed by atoms with Crippen molar-refractivity contribution in [3.63, 3.8) is 0 Å². The van der Waals surface area contributed by atoms with E-state index in [1.165, 1.54) is 6.33 Å². The standard InChI is InChI=1S/C20H15ClN6/c21-19-11-17(24-14-8-4-5-9-15(14)25-19)18-10-16(13-6-2-1-3-7-13)26-20-22-12-23-27(18)20/h1-9,12,18H,10-11H2. The van der Waals surface area contributed by atoms with E-state index < -0.39 is 0 Å². The van der Waals surface area contributed by atoms with Crippen LogP contribution < -0.4 is 0 Å². The van der Waals surface area contributed by atoms with Crippen molar-refractivity contribution in [1.82, 2.24) is 14.8 Å². The molecule has 0 aliphatic carbocycles. The summed E-state index contributed by atoms with van der Waals surface area (Å²) >= 11 is 6.41. The predicted octanol–water partition coefficient (Wildman–Crippen LogP) is 4.79. The van der Waals surface area contributed by atoms with E-state index in [1.807, 2.05) is 47.1 Å². The Morgan fingerprint density at radius 3 is 2.44 bits per heavy atom. The minimum atomic E-state index is -0.106. The lowest BCUT2D eigenvalue weighted by Gasteiger charge is -2.24. The number of hydrogen-bond acceptors (Lipinski definition) is 5. The van der Waals surface area contributed by atoms with Gasteiger partial charge in [-0.05, 0) is 17.7 Å². The van der Waals surface area contributed by atoms with Crippen molar-refractivity contribution in [1.29, 1.82) is 0 Å². The van der Waals surface area contributed by atoms with Gasteiger partial charge in [-0.3, -0.25) is 4.99 Å². The molecule has 7 heteroatoms. The van der Waals surface area contributed by atoms with Gasteiger partial charge in [0.15, 0.2) is 0 Å². The molecule has 0 saturated carbocycles. The first-order valence-electron chi connectivity index (χ1n) is 8.70. The average Bonchev–Trinajstić information content (AvgIpc) is 3.10. The summed E-state index contributed by atoms with van der Waals surface area (Å²) in [4.78, 5) is 18.4. The van der Waals surface area contributed by atoms with Crippen molar-refractivity contribution in [2.24, 2.45) is 15.0 Å². The van der Waals surface area contributed by atoms with Crippen molar-refractivity contribution in [3.8, 4) is 0 Å². The van der Waals surface area contributed by atoms with Crippen LogP contribution in [0.1, 0.15) is 24.4 Å². The molecule has 0 N–H and O–H groups in total. The molecule has 3 aromatic rings. The molecule has 5 rings (SSSR count). The molecule has 132 valence electrons. The third-order valence-corrected chi connectivity index (χ3v) is 4.90. The lowest BCUT2D eigenvalue weighted by molar-refractivity contribution is 0.570. The Balaban J connectivity index is 1.61. The third kappa shape index (κ3) is 2.98. The highest BCUT2D eigenvalue weighted by Crippen LogP contribution is 2.36. The average molecular weight is 375 g/mol. The van der Waals surface area contributed by atoms with Gasteiger partial charge in [0, 0.05) is 12.8 Å². The number of fused-ring (bicyclic) bond motifs is 2. The molecule has 2 aliphatic heterocycles. The van der Waals surface area contributed by atoms with Gasteiger partial charge in [-0.1, -0.05) is 54.1 Å². The van der Waals surface area contributed by atoms with Gasteiger partial charge in [-0.15, -0.1) is 0 Å². The zero-order chi connectivity index (χ0) is 18.2. The quantitative estimate of drug-likeness (QED) is 0.647. The fourth-order valence-electron chi connectivity index (χ4n) is 3.41. The van der Waals surface area contributed by atoms with Crippen LogP contribution >= 0.6 is 11.6 Å². The van der Waals surface area contributed by atoms with Crippen LogP contribution in [0.15, 0.2) is 75.9 Å². The zero-order valence-electron chi connectivity index (χ0n) is 14.3. The fourth-order valence-corrected chi connectivity index (χ4v) is 3.64. The first-order chi connectivity index (χ1) is 13.3. The van der Waals surface area contributed by atoms with E-state index in [9.17, 15) is 0 Å². The number of halogens is 1. The summed E-state index contributed by atoms with van der Waals surface area (Å²) in [6.45, 7) is 0. The molecule has 2 aromatic carbocycles. The molecule has 0 saturated heterocycles. The van der Waals surface area contributed by atoms with Gasteiger partial charge in [-0.2, -0.15) is 10.1 Å². The molecule has 0 fully saturated rings. The molecule has 6 nitrogen and oxygen atoms in total. The second-order valence-electron chi connectivity index (χ2n) is 6.41. The first kappa shape index (κ1) is 16.1. The van der Waals surface area contributed by atoms with Crippen LogP contribution in [0.2, 0.25) is 0 Å². The topological polar surface area (TPSA) is 67.8 Å². The van der Waals surface area contributed by atoms with E-state index in [0.717, 1.165) is 28.4 Å². The summed E-state index contributed by atoms with van der Waals surface area (Å²) in [5, 5.41) is 4.91. The minimum Gasteiger partial charge on any atom is -0.253 e. The van der Waals surface area contributed by atoms with Gasteiger partial charge < -0.3 is 0 Å². The Hall–Kier alpha value is -3.12. The molecule has 3 heterocycles. The van der Waals surface area contributed by atoms with Gasteiger partial charge in [0.25, 0.3) is 0 Å². The maximum Gasteiger partial charge on any atom is 0.248 e. The van der Waals surface area contributed by atoms with Crippen molar-refractivity contribution in [3.05, 3.63) is 66.5 Å². The van der Waals surface area contributed by atoms with Gasteiger partial charge in [0.05, 0.1) is 28.8 Å². The summed E-state index contributed by atoms with van der Waals surface area (Å²) in [7, 11) is 0. The largest absolute Gasteiger partial charge is 0.253 e. The molecular weight excluding hydrogens is 360 g/mol. The maximum atomic E-state index is 6.41. The summed E-state index contributed by atoms with van der Waals surface area (Å²) < 4.78 is 1.82. The summed E-state index contributed by atoms with van der Waals surface area (Å²) in [5.74, 6) is 0.582. The third-order valence-electron chi connectivity index (χ3n) is 4.68. The Bertz CT molecular complexity index is 1100. The molecule has 1 unspecified atom stereocenters. The van der Waals surface area contributed by atoms with Crippen LogP contribution in [-0.2, 0) is 0 Å². The Morgan fingerprint density at radius 2 is 1.63 bits per heavy atom. The van der Waals surface area contributed by atoms with Crippen molar-refractivity contribution in [2.75, 3.05) is 0 Å². The first-order valence-corrected chi connectivity index (χ1v) is 9.08. The molecule has 0 radical (unpaired) electrons.